The minimum absolute atomic E-state index is 0.238. The van der Waals surface area contributed by atoms with Crippen LogP contribution in [0.3, 0.4) is 0 Å². The maximum Gasteiger partial charge on any atom is 0.378 e. The molecule has 0 aromatic heterocycles. The molecule has 0 atom stereocenters. The van der Waals surface area contributed by atoms with Crippen molar-refractivity contribution in [1.82, 2.24) is 0 Å². The molecule has 0 saturated heterocycles. The van der Waals surface area contributed by atoms with Crippen LogP contribution in [0.2, 0.25) is 0 Å². The molecule has 90 valence electrons. The maximum absolute atomic E-state index is 11.2. The molecule has 0 heterocycles. The third-order valence-electron chi connectivity index (χ3n) is 2.31. The molecule has 0 bridgehead atoms. The van der Waals surface area contributed by atoms with Crippen molar-refractivity contribution >= 4 is 17.5 Å². The lowest BCUT2D eigenvalue weighted by Gasteiger charge is -2.05. The molecule has 0 aliphatic rings. The molecule has 0 amide bonds. The molecule has 1 aromatic rings. The van der Waals surface area contributed by atoms with Gasteiger partial charge in [-0.25, -0.2) is 4.79 Å². The number of aliphatic hydroxyl groups excluding tert-OH is 1. The van der Waals surface area contributed by atoms with Gasteiger partial charge in [-0.3, -0.25) is 4.79 Å². The third-order valence-corrected chi connectivity index (χ3v) is 2.31. The zero-order valence-electron chi connectivity index (χ0n) is 9.98. The van der Waals surface area contributed by atoms with Gasteiger partial charge in [0.1, 0.15) is 5.76 Å². The van der Waals surface area contributed by atoms with Crippen LogP contribution in [0.25, 0.3) is 5.76 Å². The Morgan fingerprint density at radius 1 is 1.29 bits per heavy atom. The summed E-state index contributed by atoms with van der Waals surface area (Å²) in [5.41, 5.74) is 2.41. The fourth-order valence-electron chi connectivity index (χ4n) is 1.46. The Labute approximate surface area is 99.5 Å². The van der Waals surface area contributed by atoms with E-state index < -0.39 is 11.8 Å². The van der Waals surface area contributed by atoms with Crippen molar-refractivity contribution in [1.29, 1.82) is 0 Å². The van der Waals surface area contributed by atoms with Crippen LogP contribution in [-0.4, -0.2) is 24.0 Å². The summed E-state index contributed by atoms with van der Waals surface area (Å²) in [6.45, 7) is 3.74. The molecule has 0 spiro atoms. The van der Waals surface area contributed by atoms with Crippen LogP contribution in [0.4, 0.5) is 0 Å². The zero-order chi connectivity index (χ0) is 13.0. The average Bonchev–Trinajstić information content (AvgIpc) is 2.27. The summed E-state index contributed by atoms with van der Waals surface area (Å²) in [5, 5.41) is 9.74. The van der Waals surface area contributed by atoms with E-state index in [1.54, 1.807) is 6.07 Å². The molecule has 0 aliphatic heterocycles. The summed E-state index contributed by atoms with van der Waals surface area (Å²) < 4.78 is 4.25. The molecule has 0 aliphatic carbocycles. The highest BCUT2D eigenvalue weighted by molar-refractivity contribution is 6.39. The lowest BCUT2D eigenvalue weighted by Crippen LogP contribution is -2.13. The Morgan fingerprint density at radius 3 is 2.47 bits per heavy atom. The van der Waals surface area contributed by atoms with Crippen molar-refractivity contribution in [3.8, 4) is 0 Å². The summed E-state index contributed by atoms with van der Waals surface area (Å²) in [6.07, 6.45) is 0.865. The van der Waals surface area contributed by atoms with E-state index in [2.05, 4.69) is 4.74 Å². The van der Waals surface area contributed by atoms with Crippen molar-refractivity contribution in [2.75, 3.05) is 7.11 Å². The number of aryl methyl sites for hydroxylation is 2. The molecular weight excluding hydrogens is 220 g/mol. The highest BCUT2D eigenvalue weighted by Crippen LogP contribution is 2.17. The smallest absolute Gasteiger partial charge is 0.378 e. The molecule has 0 unspecified atom stereocenters. The van der Waals surface area contributed by atoms with Gasteiger partial charge in [0.05, 0.1) is 7.11 Å². The monoisotopic (exact) mass is 234 g/mol. The van der Waals surface area contributed by atoms with E-state index in [0.29, 0.717) is 5.56 Å². The van der Waals surface area contributed by atoms with E-state index >= 15 is 0 Å². The number of ketones is 1. The molecule has 4 heteroatoms. The highest BCUT2D eigenvalue weighted by atomic mass is 16.5. The predicted molar refractivity (Wildman–Crippen MR) is 63.5 cm³/mol. The minimum Gasteiger partial charge on any atom is -0.507 e. The van der Waals surface area contributed by atoms with Crippen LogP contribution in [0.15, 0.2) is 24.3 Å². The van der Waals surface area contributed by atoms with E-state index in [0.717, 1.165) is 24.3 Å². The first kappa shape index (κ1) is 13.0. The Hall–Kier alpha value is -2.10. The van der Waals surface area contributed by atoms with Gasteiger partial charge in [0, 0.05) is 11.6 Å². The van der Waals surface area contributed by atoms with Gasteiger partial charge in [-0.1, -0.05) is 23.8 Å². The number of hydrogen-bond acceptors (Lipinski definition) is 4. The number of ether oxygens (including phenoxy) is 1. The SMILES string of the molecule is COC(=O)C(=O)/C=C(\O)c1ccc(C)cc1C. The quantitative estimate of drug-likeness (QED) is 0.376. The van der Waals surface area contributed by atoms with Crippen molar-refractivity contribution in [2.24, 2.45) is 0 Å². The number of carbonyl (C=O) groups is 2. The second kappa shape index (κ2) is 5.30. The molecule has 0 saturated carbocycles. The normalized spacial score (nSPS) is 11.1. The van der Waals surface area contributed by atoms with E-state index in [1.807, 2.05) is 26.0 Å². The Kier molecular flexibility index (Phi) is 4.04. The van der Waals surface area contributed by atoms with E-state index in [1.165, 1.54) is 0 Å². The zero-order valence-corrected chi connectivity index (χ0v) is 9.98. The molecule has 1 aromatic carbocycles. The van der Waals surface area contributed by atoms with Gasteiger partial charge in [-0.15, -0.1) is 0 Å². The largest absolute Gasteiger partial charge is 0.507 e. The second-order valence-electron chi connectivity index (χ2n) is 3.70. The Balaban J connectivity index is 3.04. The van der Waals surface area contributed by atoms with E-state index in [-0.39, 0.29) is 5.76 Å². The maximum atomic E-state index is 11.2. The van der Waals surface area contributed by atoms with Gasteiger partial charge in [-0.05, 0) is 19.4 Å². The summed E-state index contributed by atoms with van der Waals surface area (Å²) in [5.74, 6) is -2.12. The molecule has 1 N–H and O–H groups in total. The second-order valence-corrected chi connectivity index (χ2v) is 3.70. The van der Waals surface area contributed by atoms with Crippen LogP contribution in [0.1, 0.15) is 16.7 Å². The first-order chi connectivity index (χ1) is 7.95. The first-order valence-corrected chi connectivity index (χ1v) is 5.06. The predicted octanol–water partition coefficient (Wildman–Crippen LogP) is 1.94. The van der Waals surface area contributed by atoms with Gasteiger partial charge < -0.3 is 9.84 Å². The standard InChI is InChI=1S/C13H14O4/c1-8-4-5-10(9(2)6-8)11(14)7-12(15)13(16)17-3/h4-7,14H,1-3H3/b11-7-. The van der Waals surface area contributed by atoms with Crippen LogP contribution >= 0.6 is 0 Å². The number of rotatable bonds is 3. The third kappa shape index (κ3) is 3.17. The first-order valence-electron chi connectivity index (χ1n) is 5.06. The lowest BCUT2D eigenvalue weighted by molar-refractivity contribution is -0.149. The van der Waals surface area contributed by atoms with Gasteiger partial charge in [0.2, 0.25) is 0 Å². The number of benzene rings is 1. The van der Waals surface area contributed by atoms with E-state index in [4.69, 9.17) is 0 Å². The average molecular weight is 234 g/mol. The van der Waals surface area contributed by atoms with Crippen molar-refractivity contribution < 1.29 is 19.4 Å². The minimum atomic E-state index is -0.999. The lowest BCUT2D eigenvalue weighted by atomic mass is 10.0. The Bertz CT molecular complexity index is 486. The van der Waals surface area contributed by atoms with Crippen molar-refractivity contribution in [3.05, 3.63) is 41.0 Å². The molecule has 1 rings (SSSR count). The van der Waals surface area contributed by atoms with Crippen LogP contribution in [-0.2, 0) is 14.3 Å². The summed E-state index contributed by atoms with van der Waals surface area (Å²) in [4.78, 5) is 22.1. The summed E-state index contributed by atoms with van der Waals surface area (Å²) in [6, 6.07) is 5.39. The molecule has 17 heavy (non-hydrogen) atoms. The molecular formula is C13H14O4. The number of methoxy groups -OCH3 is 1. The molecule has 0 fully saturated rings. The van der Waals surface area contributed by atoms with Gasteiger partial charge in [-0.2, -0.15) is 0 Å². The molecule has 0 radical (unpaired) electrons. The molecule has 4 nitrogen and oxygen atoms in total. The summed E-state index contributed by atoms with van der Waals surface area (Å²) >= 11 is 0. The van der Waals surface area contributed by atoms with Crippen LogP contribution < -0.4 is 0 Å². The highest BCUT2D eigenvalue weighted by Gasteiger charge is 2.13. The number of esters is 1. The van der Waals surface area contributed by atoms with Gasteiger partial charge >= 0.3 is 5.97 Å². The van der Waals surface area contributed by atoms with Crippen molar-refractivity contribution in [3.63, 3.8) is 0 Å². The van der Waals surface area contributed by atoms with E-state index in [9.17, 15) is 14.7 Å². The fourth-order valence-corrected chi connectivity index (χ4v) is 1.46. The van der Waals surface area contributed by atoms with Crippen LogP contribution in [0.5, 0.6) is 0 Å². The topological polar surface area (TPSA) is 63.6 Å². The number of hydrogen-bond donors (Lipinski definition) is 1. The van der Waals surface area contributed by atoms with Crippen LogP contribution in [0, 0.1) is 13.8 Å². The Morgan fingerprint density at radius 2 is 1.94 bits per heavy atom. The van der Waals surface area contributed by atoms with Gasteiger partial charge in [0.15, 0.2) is 0 Å². The number of aliphatic hydroxyl groups is 1. The summed E-state index contributed by atoms with van der Waals surface area (Å²) in [7, 11) is 1.11. The van der Waals surface area contributed by atoms with Crippen molar-refractivity contribution in [2.45, 2.75) is 13.8 Å². The fraction of sp³-hybridized carbons (Fsp3) is 0.231. The number of carbonyl (C=O) groups excluding carboxylic acids is 2. The van der Waals surface area contributed by atoms with Gasteiger partial charge in [0.25, 0.3) is 5.78 Å².